The first-order chi connectivity index (χ1) is 18.5. The summed E-state index contributed by atoms with van der Waals surface area (Å²) in [7, 11) is 0. The van der Waals surface area contributed by atoms with Crippen molar-refractivity contribution in [2.24, 2.45) is 0 Å². The van der Waals surface area contributed by atoms with E-state index >= 15 is 0 Å². The highest BCUT2D eigenvalue weighted by Crippen LogP contribution is 2.29. The van der Waals surface area contributed by atoms with Crippen LogP contribution in [0.3, 0.4) is 0 Å². The molecular formula is C26H22ClFN8O2. The molecule has 10 nitrogen and oxygen atoms in total. The number of allylic oxidation sites excluding steroid dienone is 1. The van der Waals surface area contributed by atoms with E-state index in [1.165, 1.54) is 29.2 Å². The predicted molar refractivity (Wildman–Crippen MR) is 140 cm³/mol. The maximum Gasteiger partial charge on any atom is 0.244 e. The molecule has 2 aromatic heterocycles. The number of carbonyl (C=O) groups is 2. The molecule has 0 radical (unpaired) electrons. The number of rotatable bonds is 4. The van der Waals surface area contributed by atoms with Gasteiger partial charge in [0, 0.05) is 34.8 Å². The average molecular weight is 533 g/mol. The van der Waals surface area contributed by atoms with E-state index in [1.807, 2.05) is 12.2 Å². The number of amides is 2. The largest absolute Gasteiger partial charge is 0.346 e. The van der Waals surface area contributed by atoms with Gasteiger partial charge in [-0.15, -0.1) is 5.10 Å². The third-order valence-electron chi connectivity index (χ3n) is 5.85. The number of anilines is 1. The number of H-pyrrole nitrogens is 1. The molecule has 12 heteroatoms. The molecule has 1 atom stereocenters. The number of aromatic nitrogens is 6. The van der Waals surface area contributed by atoms with E-state index in [0.29, 0.717) is 51.9 Å². The summed E-state index contributed by atoms with van der Waals surface area (Å²) in [4.78, 5) is 33.1. The van der Waals surface area contributed by atoms with E-state index in [9.17, 15) is 14.0 Å². The summed E-state index contributed by atoms with van der Waals surface area (Å²) >= 11 is 6.17. The Morgan fingerprint density at radius 1 is 1.21 bits per heavy atom. The van der Waals surface area contributed by atoms with Crippen LogP contribution in [0.5, 0.6) is 0 Å². The van der Waals surface area contributed by atoms with Crippen LogP contribution in [0.15, 0.2) is 67.2 Å². The van der Waals surface area contributed by atoms with Crippen molar-refractivity contribution in [1.82, 2.24) is 35.5 Å². The van der Waals surface area contributed by atoms with Crippen LogP contribution in [0.1, 0.15) is 36.7 Å². The van der Waals surface area contributed by atoms with Gasteiger partial charge in [0.2, 0.25) is 11.8 Å². The van der Waals surface area contributed by atoms with Crippen molar-refractivity contribution in [2.45, 2.75) is 25.3 Å². The van der Waals surface area contributed by atoms with Crippen molar-refractivity contribution >= 4 is 35.2 Å². The molecule has 2 amide bonds. The highest BCUT2D eigenvalue weighted by Gasteiger charge is 2.19. The van der Waals surface area contributed by atoms with Gasteiger partial charge in [0.25, 0.3) is 0 Å². The Hall–Kier alpha value is -4.64. The van der Waals surface area contributed by atoms with Gasteiger partial charge in [-0.2, -0.15) is 4.68 Å². The summed E-state index contributed by atoms with van der Waals surface area (Å²) in [6.45, 7) is 0. The highest BCUT2D eigenvalue weighted by molar-refractivity contribution is 6.30. The molecular weight excluding hydrogens is 511 g/mol. The maximum atomic E-state index is 13.9. The summed E-state index contributed by atoms with van der Waals surface area (Å²) in [6, 6.07) is 8.82. The molecule has 3 N–H and O–H groups in total. The Morgan fingerprint density at radius 2 is 2.11 bits per heavy atom. The van der Waals surface area contributed by atoms with Crippen molar-refractivity contribution in [2.75, 3.05) is 5.32 Å². The average Bonchev–Trinajstić information content (AvgIpc) is 3.59. The summed E-state index contributed by atoms with van der Waals surface area (Å²) in [5.41, 5.74) is 2.71. The SMILES string of the molecule is O=C(C=Cc1cc(Cl)ccc1-n1cnnn1)NC1CC=CCCC(=O)Nc2cc(F)ccc2-c2c[nH]c1n2. The second-order valence-corrected chi connectivity index (χ2v) is 8.94. The van der Waals surface area contributed by atoms with Gasteiger partial charge < -0.3 is 15.6 Å². The van der Waals surface area contributed by atoms with Crippen LogP contribution in [-0.4, -0.2) is 42.0 Å². The molecule has 0 spiro atoms. The number of hydrogen-bond donors (Lipinski definition) is 3. The molecule has 0 saturated heterocycles. The molecule has 1 unspecified atom stereocenters. The van der Waals surface area contributed by atoms with Crippen molar-refractivity contribution in [1.29, 1.82) is 0 Å². The quantitative estimate of drug-likeness (QED) is 0.264. The van der Waals surface area contributed by atoms with Crippen molar-refractivity contribution in [3.63, 3.8) is 0 Å². The first-order valence-corrected chi connectivity index (χ1v) is 12.2. The van der Waals surface area contributed by atoms with E-state index in [0.717, 1.165) is 0 Å². The molecule has 3 heterocycles. The molecule has 2 aromatic carbocycles. The van der Waals surface area contributed by atoms with E-state index in [1.54, 1.807) is 36.5 Å². The Labute approximate surface area is 221 Å². The zero-order valence-electron chi connectivity index (χ0n) is 19.9. The number of nitrogens with one attached hydrogen (secondary N) is 3. The number of carbonyl (C=O) groups excluding carboxylic acids is 2. The Kier molecular flexibility index (Phi) is 7.36. The van der Waals surface area contributed by atoms with E-state index in [2.05, 4.69) is 36.1 Å². The van der Waals surface area contributed by atoms with Crippen molar-refractivity contribution < 1.29 is 14.0 Å². The fourth-order valence-electron chi connectivity index (χ4n) is 4.04. The number of halogens is 2. The summed E-state index contributed by atoms with van der Waals surface area (Å²) in [6.07, 6.45) is 11.1. The zero-order valence-corrected chi connectivity index (χ0v) is 20.7. The monoisotopic (exact) mass is 532 g/mol. The molecule has 1 aliphatic heterocycles. The molecule has 0 fully saturated rings. The number of imidazole rings is 1. The van der Waals surface area contributed by atoms with E-state index < -0.39 is 11.9 Å². The van der Waals surface area contributed by atoms with Gasteiger partial charge in [0.1, 0.15) is 18.0 Å². The van der Waals surface area contributed by atoms with Gasteiger partial charge in [-0.3, -0.25) is 9.59 Å². The summed E-state index contributed by atoms with van der Waals surface area (Å²) < 4.78 is 15.4. The number of nitrogens with zero attached hydrogens (tertiary/aromatic N) is 5. The van der Waals surface area contributed by atoms with Gasteiger partial charge in [-0.25, -0.2) is 9.37 Å². The normalized spacial score (nSPS) is 15.7. The lowest BCUT2D eigenvalue weighted by atomic mass is 10.1. The third-order valence-corrected chi connectivity index (χ3v) is 6.09. The van der Waals surface area contributed by atoms with E-state index in [-0.39, 0.29) is 18.2 Å². The van der Waals surface area contributed by atoms with Crippen LogP contribution in [-0.2, 0) is 9.59 Å². The molecule has 0 saturated carbocycles. The Morgan fingerprint density at radius 3 is 2.95 bits per heavy atom. The number of fused-ring (bicyclic) bond motifs is 4. The molecule has 4 aromatic rings. The highest BCUT2D eigenvalue weighted by atomic mass is 35.5. The first-order valence-electron chi connectivity index (χ1n) is 11.8. The first kappa shape index (κ1) is 25.0. The molecule has 5 rings (SSSR count). The molecule has 2 bridgehead atoms. The summed E-state index contributed by atoms with van der Waals surface area (Å²) in [5, 5.41) is 17.4. The maximum absolute atomic E-state index is 13.9. The molecule has 1 aliphatic rings. The van der Waals surface area contributed by atoms with E-state index in [4.69, 9.17) is 11.6 Å². The minimum absolute atomic E-state index is 0.228. The van der Waals surface area contributed by atoms with Crippen molar-refractivity contribution in [3.8, 4) is 16.9 Å². The van der Waals surface area contributed by atoms with Crippen LogP contribution < -0.4 is 10.6 Å². The number of benzene rings is 2. The predicted octanol–water partition coefficient (Wildman–Crippen LogP) is 4.39. The molecule has 192 valence electrons. The van der Waals surface area contributed by atoms with Crippen LogP contribution in [0, 0.1) is 5.82 Å². The summed E-state index contributed by atoms with van der Waals surface area (Å²) in [5.74, 6) is -0.533. The van der Waals surface area contributed by atoms with Gasteiger partial charge in [-0.05, 0) is 65.7 Å². The van der Waals surface area contributed by atoms with Crippen LogP contribution in [0.25, 0.3) is 23.0 Å². The van der Waals surface area contributed by atoms with Gasteiger partial charge in [0.15, 0.2) is 0 Å². The third kappa shape index (κ3) is 5.84. The fraction of sp³-hybridized carbons (Fsp3) is 0.154. The Balaban J connectivity index is 1.40. The lowest BCUT2D eigenvalue weighted by Gasteiger charge is -2.14. The second-order valence-electron chi connectivity index (χ2n) is 8.51. The topological polar surface area (TPSA) is 130 Å². The lowest BCUT2D eigenvalue weighted by Crippen LogP contribution is -2.27. The van der Waals surface area contributed by atoms with Crippen LogP contribution in [0.2, 0.25) is 5.02 Å². The smallest absolute Gasteiger partial charge is 0.244 e. The number of tetrazole rings is 1. The fourth-order valence-corrected chi connectivity index (χ4v) is 4.22. The minimum atomic E-state index is -0.483. The zero-order chi connectivity index (χ0) is 26.5. The Bertz CT molecular complexity index is 1530. The van der Waals surface area contributed by atoms with Crippen LogP contribution >= 0.6 is 11.6 Å². The molecule has 0 aliphatic carbocycles. The van der Waals surface area contributed by atoms with Gasteiger partial charge in [0.05, 0.1) is 23.1 Å². The molecule has 38 heavy (non-hydrogen) atoms. The van der Waals surface area contributed by atoms with Crippen LogP contribution in [0.4, 0.5) is 10.1 Å². The van der Waals surface area contributed by atoms with Gasteiger partial charge in [-0.1, -0.05) is 23.8 Å². The number of hydrogen-bond acceptors (Lipinski definition) is 6. The number of aromatic amines is 1. The standard InChI is InChI=1S/C26H22ClFN8O2/c27-17-7-10-23(36-15-30-34-35-36)16(12-17)6-11-25(38)31-20-4-2-1-3-5-24(37)32-21-13-18(28)8-9-19(21)22-14-29-26(20)33-22/h1-2,6-15,20H,3-5H2,(H,29,33)(H,31,38)(H,32,37). The van der Waals surface area contributed by atoms with Gasteiger partial charge >= 0.3 is 0 Å². The minimum Gasteiger partial charge on any atom is -0.346 e. The van der Waals surface area contributed by atoms with Crippen molar-refractivity contribution in [3.05, 3.63) is 89.4 Å². The lowest BCUT2D eigenvalue weighted by molar-refractivity contribution is -0.117. The second kappa shape index (κ2) is 11.2.